The fraction of sp³-hybridized carbons (Fsp3) is 0.286. The minimum absolute atomic E-state index is 0. The summed E-state index contributed by atoms with van der Waals surface area (Å²) in [5.74, 6) is 0.704. The highest BCUT2D eigenvalue weighted by Crippen LogP contribution is 2.11. The molecule has 0 radical (unpaired) electrons. The van der Waals surface area contributed by atoms with Gasteiger partial charge in [-0.1, -0.05) is 17.3 Å². The molecule has 1 aromatic carbocycles. The van der Waals surface area contributed by atoms with Crippen LogP contribution in [0.2, 0.25) is 0 Å². The van der Waals surface area contributed by atoms with E-state index < -0.39 is 0 Å². The Morgan fingerprint density at radius 3 is 2.50 bits per heavy atom. The van der Waals surface area contributed by atoms with Crippen LogP contribution < -0.4 is 11.1 Å². The number of benzene rings is 1. The Labute approximate surface area is 123 Å². The summed E-state index contributed by atoms with van der Waals surface area (Å²) in [6.07, 6.45) is 0.337. The maximum Gasteiger partial charge on any atom is 0.224 e. The van der Waals surface area contributed by atoms with E-state index in [9.17, 15) is 4.79 Å². The third kappa shape index (κ3) is 3.99. The van der Waals surface area contributed by atoms with Gasteiger partial charge in [-0.05, 0) is 31.5 Å². The van der Waals surface area contributed by atoms with Gasteiger partial charge in [0.05, 0.1) is 12.1 Å². The molecule has 0 aliphatic carbocycles. The smallest absolute Gasteiger partial charge is 0.224 e. The Morgan fingerprint density at radius 2 is 1.95 bits per heavy atom. The molecule has 0 unspecified atom stereocenters. The molecule has 3 N–H and O–H groups in total. The number of rotatable bonds is 4. The average molecular weight is 296 g/mol. The second-order valence-electron chi connectivity index (χ2n) is 4.50. The topological polar surface area (TPSA) is 81.2 Å². The number of carbonyl (C=O) groups excluding carboxylic acids is 1. The van der Waals surface area contributed by atoms with Crippen LogP contribution in [-0.2, 0) is 17.8 Å². The number of hydrogen-bond acceptors (Lipinski definition) is 4. The van der Waals surface area contributed by atoms with Crippen molar-refractivity contribution < 1.29 is 9.32 Å². The summed E-state index contributed by atoms with van der Waals surface area (Å²) in [5, 5.41) is 6.71. The third-order valence-corrected chi connectivity index (χ3v) is 2.99. The molecular weight excluding hydrogens is 278 g/mol. The Morgan fingerprint density at radius 1 is 1.30 bits per heavy atom. The highest BCUT2D eigenvalue weighted by Gasteiger charge is 2.10. The van der Waals surface area contributed by atoms with E-state index in [1.54, 1.807) is 12.1 Å². The molecular formula is C14H18ClN3O2. The second-order valence-corrected chi connectivity index (χ2v) is 4.50. The molecule has 0 saturated carbocycles. The van der Waals surface area contributed by atoms with E-state index in [4.69, 9.17) is 10.3 Å². The van der Waals surface area contributed by atoms with Crippen LogP contribution in [0.25, 0.3) is 0 Å². The minimum Gasteiger partial charge on any atom is -0.399 e. The first-order valence-electron chi connectivity index (χ1n) is 6.09. The summed E-state index contributed by atoms with van der Waals surface area (Å²) in [6, 6.07) is 7.28. The summed E-state index contributed by atoms with van der Waals surface area (Å²) in [6.45, 7) is 4.13. The number of carbonyl (C=O) groups is 1. The van der Waals surface area contributed by atoms with Crippen molar-refractivity contribution in [3.8, 4) is 0 Å². The van der Waals surface area contributed by atoms with Crippen LogP contribution in [0.3, 0.4) is 0 Å². The lowest BCUT2D eigenvalue weighted by molar-refractivity contribution is -0.120. The summed E-state index contributed by atoms with van der Waals surface area (Å²) in [5.41, 5.74) is 8.97. The monoisotopic (exact) mass is 295 g/mol. The van der Waals surface area contributed by atoms with Crippen molar-refractivity contribution in [1.82, 2.24) is 10.5 Å². The van der Waals surface area contributed by atoms with Crippen LogP contribution in [0.15, 0.2) is 28.8 Å². The maximum atomic E-state index is 11.8. The fourth-order valence-electron chi connectivity index (χ4n) is 1.82. The molecule has 2 rings (SSSR count). The number of aromatic nitrogens is 1. The van der Waals surface area contributed by atoms with Crippen LogP contribution in [0.5, 0.6) is 0 Å². The van der Waals surface area contributed by atoms with Crippen molar-refractivity contribution in [1.29, 1.82) is 0 Å². The molecule has 0 saturated heterocycles. The van der Waals surface area contributed by atoms with Gasteiger partial charge in [-0.3, -0.25) is 4.79 Å². The van der Waals surface area contributed by atoms with Gasteiger partial charge in [0.15, 0.2) is 0 Å². The molecule has 108 valence electrons. The van der Waals surface area contributed by atoms with Gasteiger partial charge >= 0.3 is 0 Å². The van der Waals surface area contributed by atoms with E-state index in [0.717, 1.165) is 22.6 Å². The van der Waals surface area contributed by atoms with E-state index in [2.05, 4.69) is 10.5 Å². The van der Waals surface area contributed by atoms with Gasteiger partial charge in [-0.15, -0.1) is 12.4 Å². The Bertz CT molecular complexity index is 559. The van der Waals surface area contributed by atoms with Crippen LogP contribution in [-0.4, -0.2) is 11.1 Å². The Hall–Kier alpha value is -2.01. The SMILES string of the molecule is Cc1noc(C)c1CNC(=O)Cc1ccc(N)cc1.Cl. The van der Waals surface area contributed by atoms with E-state index in [1.807, 2.05) is 26.0 Å². The van der Waals surface area contributed by atoms with Gasteiger partial charge in [0, 0.05) is 17.8 Å². The van der Waals surface area contributed by atoms with Crippen LogP contribution in [0.1, 0.15) is 22.6 Å². The molecule has 0 bridgehead atoms. The Kier molecular flexibility index (Phi) is 5.58. The van der Waals surface area contributed by atoms with Gasteiger partial charge in [-0.2, -0.15) is 0 Å². The Balaban J connectivity index is 0.00000200. The second kappa shape index (κ2) is 6.96. The molecule has 1 aromatic heterocycles. The first kappa shape index (κ1) is 16.0. The highest BCUT2D eigenvalue weighted by molar-refractivity contribution is 5.85. The number of nitrogens with zero attached hydrogens (tertiary/aromatic N) is 1. The van der Waals surface area contributed by atoms with E-state index in [1.165, 1.54) is 0 Å². The van der Waals surface area contributed by atoms with E-state index >= 15 is 0 Å². The summed E-state index contributed by atoms with van der Waals surface area (Å²) >= 11 is 0. The third-order valence-electron chi connectivity index (χ3n) is 2.99. The summed E-state index contributed by atoms with van der Waals surface area (Å²) in [7, 11) is 0. The molecule has 2 aromatic rings. The molecule has 0 spiro atoms. The summed E-state index contributed by atoms with van der Waals surface area (Å²) in [4.78, 5) is 11.8. The van der Waals surface area contributed by atoms with Gasteiger partial charge in [0.25, 0.3) is 0 Å². The molecule has 20 heavy (non-hydrogen) atoms. The molecule has 1 heterocycles. The lowest BCUT2D eigenvalue weighted by Gasteiger charge is -2.05. The van der Waals surface area contributed by atoms with Crippen LogP contribution in [0.4, 0.5) is 5.69 Å². The largest absolute Gasteiger partial charge is 0.399 e. The molecule has 0 aliphatic heterocycles. The standard InChI is InChI=1S/C14H17N3O2.ClH/c1-9-13(10(2)19-17-9)8-16-14(18)7-11-3-5-12(15)6-4-11;/h3-6H,7-8,15H2,1-2H3,(H,16,18);1H. The number of nitrogens with two attached hydrogens (primary N) is 1. The van der Waals surface area contributed by atoms with Crippen molar-refractivity contribution in [2.45, 2.75) is 26.8 Å². The van der Waals surface area contributed by atoms with Gasteiger partial charge < -0.3 is 15.6 Å². The zero-order chi connectivity index (χ0) is 13.8. The molecule has 1 amide bonds. The van der Waals surface area contributed by atoms with Crippen molar-refractivity contribution in [3.63, 3.8) is 0 Å². The number of hydrogen-bond donors (Lipinski definition) is 2. The first-order chi connectivity index (χ1) is 9.06. The number of nitrogens with one attached hydrogen (secondary N) is 1. The van der Waals surface area contributed by atoms with Gasteiger partial charge in [-0.25, -0.2) is 0 Å². The molecule has 0 atom stereocenters. The zero-order valence-electron chi connectivity index (χ0n) is 11.5. The molecule has 5 nitrogen and oxygen atoms in total. The van der Waals surface area contributed by atoms with Crippen molar-refractivity contribution in [2.75, 3.05) is 5.73 Å². The van der Waals surface area contributed by atoms with Crippen molar-refractivity contribution >= 4 is 24.0 Å². The first-order valence-corrected chi connectivity index (χ1v) is 6.09. The highest BCUT2D eigenvalue weighted by atomic mass is 35.5. The molecule has 0 fully saturated rings. The van der Waals surface area contributed by atoms with Gasteiger partial charge in [0.2, 0.25) is 5.91 Å². The number of nitrogen functional groups attached to an aromatic ring is 1. The lowest BCUT2D eigenvalue weighted by atomic mass is 10.1. The minimum atomic E-state index is -0.0372. The zero-order valence-corrected chi connectivity index (χ0v) is 12.3. The van der Waals surface area contributed by atoms with Crippen LogP contribution >= 0.6 is 12.4 Å². The molecule has 0 aliphatic rings. The number of halogens is 1. The quantitative estimate of drug-likeness (QED) is 0.847. The van der Waals surface area contributed by atoms with E-state index in [-0.39, 0.29) is 18.3 Å². The van der Waals surface area contributed by atoms with Gasteiger partial charge in [0.1, 0.15) is 5.76 Å². The summed E-state index contributed by atoms with van der Waals surface area (Å²) < 4.78 is 5.04. The van der Waals surface area contributed by atoms with E-state index in [0.29, 0.717) is 18.7 Å². The van der Waals surface area contributed by atoms with Crippen molar-refractivity contribution in [2.24, 2.45) is 0 Å². The van der Waals surface area contributed by atoms with Crippen LogP contribution in [0, 0.1) is 13.8 Å². The molecule has 6 heteroatoms. The maximum absolute atomic E-state index is 11.8. The number of aryl methyl sites for hydroxylation is 2. The average Bonchev–Trinajstić information content (AvgIpc) is 2.70. The predicted molar refractivity (Wildman–Crippen MR) is 79.6 cm³/mol. The fourth-order valence-corrected chi connectivity index (χ4v) is 1.82. The van der Waals surface area contributed by atoms with Crippen molar-refractivity contribution in [3.05, 3.63) is 46.8 Å². The lowest BCUT2D eigenvalue weighted by Crippen LogP contribution is -2.25. The normalized spacial score (nSPS) is 9.90. The number of anilines is 1. The number of amides is 1. The predicted octanol–water partition coefficient (Wildman–Crippen LogP) is 2.15.